The van der Waals surface area contributed by atoms with E-state index >= 15 is 0 Å². The SMILES string of the molecule is O=C(CNc1ccc(I)cc1)NC(=O)NC1CCCCC1. The minimum absolute atomic E-state index is 0.0820. The van der Waals surface area contributed by atoms with Crippen LogP contribution >= 0.6 is 22.6 Å². The van der Waals surface area contributed by atoms with Crippen LogP contribution in [0.5, 0.6) is 0 Å². The van der Waals surface area contributed by atoms with Crippen LogP contribution in [0.4, 0.5) is 10.5 Å². The number of carbonyl (C=O) groups is 2. The van der Waals surface area contributed by atoms with Gasteiger partial charge in [-0.25, -0.2) is 4.79 Å². The first kappa shape index (κ1) is 16.1. The summed E-state index contributed by atoms with van der Waals surface area (Å²) in [4.78, 5) is 23.4. The maximum Gasteiger partial charge on any atom is 0.321 e. The number of benzene rings is 1. The number of nitrogens with one attached hydrogen (secondary N) is 3. The van der Waals surface area contributed by atoms with Crippen LogP contribution in [0.3, 0.4) is 0 Å². The number of urea groups is 1. The molecule has 21 heavy (non-hydrogen) atoms. The fraction of sp³-hybridized carbons (Fsp3) is 0.467. The van der Waals surface area contributed by atoms with Gasteiger partial charge in [0.25, 0.3) is 0 Å². The fourth-order valence-corrected chi connectivity index (χ4v) is 2.75. The molecule has 1 aliphatic rings. The summed E-state index contributed by atoms with van der Waals surface area (Å²) < 4.78 is 1.13. The van der Waals surface area contributed by atoms with Gasteiger partial charge in [-0.05, 0) is 59.7 Å². The molecule has 1 aliphatic carbocycles. The molecule has 3 N–H and O–H groups in total. The third-order valence-electron chi connectivity index (χ3n) is 3.49. The molecule has 1 aromatic carbocycles. The number of anilines is 1. The predicted octanol–water partition coefficient (Wildman–Crippen LogP) is 2.86. The van der Waals surface area contributed by atoms with E-state index in [4.69, 9.17) is 0 Å². The van der Waals surface area contributed by atoms with Gasteiger partial charge >= 0.3 is 6.03 Å². The largest absolute Gasteiger partial charge is 0.376 e. The molecule has 0 bridgehead atoms. The van der Waals surface area contributed by atoms with Crippen molar-refractivity contribution < 1.29 is 9.59 Å². The number of carbonyl (C=O) groups excluding carboxylic acids is 2. The lowest BCUT2D eigenvalue weighted by Crippen LogP contribution is -2.46. The first-order chi connectivity index (χ1) is 10.1. The molecule has 0 aromatic heterocycles. The van der Waals surface area contributed by atoms with Gasteiger partial charge in [-0.1, -0.05) is 19.3 Å². The van der Waals surface area contributed by atoms with Gasteiger partial charge in [0.15, 0.2) is 0 Å². The topological polar surface area (TPSA) is 70.2 Å². The normalized spacial score (nSPS) is 15.3. The molecule has 5 nitrogen and oxygen atoms in total. The van der Waals surface area contributed by atoms with Crippen LogP contribution in [0.25, 0.3) is 0 Å². The molecular weight excluding hydrogens is 381 g/mol. The highest BCUT2D eigenvalue weighted by Gasteiger charge is 2.16. The smallest absolute Gasteiger partial charge is 0.321 e. The molecule has 114 valence electrons. The highest BCUT2D eigenvalue weighted by atomic mass is 127. The first-order valence-corrected chi connectivity index (χ1v) is 8.31. The van der Waals surface area contributed by atoms with Crippen molar-refractivity contribution in [2.24, 2.45) is 0 Å². The van der Waals surface area contributed by atoms with Gasteiger partial charge in [0, 0.05) is 15.3 Å². The Balaban J connectivity index is 1.68. The van der Waals surface area contributed by atoms with Crippen LogP contribution in [-0.2, 0) is 4.79 Å². The number of amides is 3. The maximum atomic E-state index is 11.7. The van der Waals surface area contributed by atoms with Gasteiger partial charge in [-0.2, -0.15) is 0 Å². The summed E-state index contributed by atoms with van der Waals surface area (Å²) in [6.45, 7) is 0.0820. The number of rotatable bonds is 4. The average Bonchev–Trinajstić information content (AvgIpc) is 2.47. The van der Waals surface area contributed by atoms with E-state index in [1.807, 2.05) is 24.3 Å². The van der Waals surface area contributed by atoms with Crippen molar-refractivity contribution in [3.63, 3.8) is 0 Å². The van der Waals surface area contributed by atoms with Crippen molar-refractivity contribution in [3.05, 3.63) is 27.8 Å². The molecule has 1 aromatic rings. The van der Waals surface area contributed by atoms with Crippen molar-refractivity contribution >= 4 is 40.2 Å². The predicted molar refractivity (Wildman–Crippen MR) is 91.2 cm³/mol. The van der Waals surface area contributed by atoms with Gasteiger partial charge < -0.3 is 10.6 Å². The number of hydrogen-bond acceptors (Lipinski definition) is 3. The molecule has 0 heterocycles. The lowest BCUT2D eigenvalue weighted by Gasteiger charge is -2.22. The van der Waals surface area contributed by atoms with Gasteiger partial charge in [0.05, 0.1) is 6.54 Å². The van der Waals surface area contributed by atoms with E-state index in [2.05, 4.69) is 38.5 Å². The Hall–Kier alpha value is -1.31. The molecular formula is C15H20IN3O2. The van der Waals surface area contributed by atoms with E-state index in [1.54, 1.807) is 0 Å². The average molecular weight is 401 g/mol. The molecule has 3 amide bonds. The second-order valence-electron chi connectivity index (χ2n) is 5.22. The van der Waals surface area contributed by atoms with Crippen LogP contribution in [0.15, 0.2) is 24.3 Å². The Morgan fingerprint density at radius 3 is 2.43 bits per heavy atom. The quantitative estimate of drug-likeness (QED) is 0.680. The molecule has 0 atom stereocenters. The summed E-state index contributed by atoms with van der Waals surface area (Å²) in [6.07, 6.45) is 5.53. The standard InChI is InChI=1S/C15H20IN3O2/c16-11-6-8-12(9-7-11)17-10-14(20)19-15(21)18-13-4-2-1-3-5-13/h6-9,13,17H,1-5,10H2,(H2,18,19,20,21). The third-order valence-corrected chi connectivity index (χ3v) is 4.21. The lowest BCUT2D eigenvalue weighted by molar-refractivity contribution is -0.118. The molecule has 0 saturated heterocycles. The summed E-state index contributed by atoms with van der Waals surface area (Å²) in [6, 6.07) is 7.52. The lowest BCUT2D eigenvalue weighted by atomic mass is 9.96. The zero-order valence-corrected chi connectivity index (χ0v) is 14.0. The van der Waals surface area contributed by atoms with Crippen molar-refractivity contribution in [2.75, 3.05) is 11.9 Å². The monoisotopic (exact) mass is 401 g/mol. The van der Waals surface area contributed by atoms with E-state index in [0.717, 1.165) is 34.9 Å². The van der Waals surface area contributed by atoms with E-state index < -0.39 is 6.03 Å². The second-order valence-corrected chi connectivity index (χ2v) is 6.46. The molecule has 0 unspecified atom stereocenters. The number of imide groups is 1. The molecule has 1 fully saturated rings. The Morgan fingerprint density at radius 1 is 1.10 bits per heavy atom. The van der Waals surface area contributed by atoms with Crippen LogP contribution in [-0.4, -0.2) is 24.5 Å². The van der Waals surface area contributed by atoms with Gasteiger partial charge in [-0.3, -0.25) is 10.1 Å². The van der Waals surface area contributed by atoms with Gasteiger partial charge in [-0.15, -0.1) is 0 Å². The molecule has 0 aliphatic heterocycles. The molecule has 0 radical (unpaired) electrons. The summed E-state index contributed by atoms with van der Waals surface area (Å²) in [5.74, 6) is -0.332. The Bertz CT molecular complexity index is 484. The Kier molecular flexibility index (Phi) is 6.28. The van der Waals surface area contributed by atoms with Crippen molar-refractivity contribution in [1.29, 1.82) is 0 Å². The van der Waals surface area contributed by atoms with Gasteiger partial charge in [0.1, 0.15) is 0 Å². The second kappa shape index (κ2) is 8.21. The van der Waals surface area contributed by atoms with Crippen LogP contribution < -0.4 is 16.0 Å². The summed E-state index contributed by atoms with van der Waals surface area (Å²) in [7, 11) is 0. The Morgan fingerprint density at radius 2 is 1.76 bits per heavy atom. The van der Waals surface area contributed by atoms with Crippen molar-refractivity contribution in [2.45, 2.75) is 38.1 Å². The Labute approximate surface area is 138 Å². The molecule has 1 saturated carbocycles. The third kappa shape index (κ3) is 5.91. The van der Waals surface area contributed by atoms with Gasteiger partial charge in [0.2, 0.25) is 5.91 Å². The molecule has 0 spiro atoms. The first-order valence-electron chi connectivity index (χ1n) is 7.23. The van der Waals surface area contributed by atoms with E-state index in [0.29, 0.717) is 0 Å². The highest BCUT2D eigenvalue weighted by Crippen LogP contribution is 2.17. The van der Waals surface area contributed by atoms with Crippen molar-refractivity contribution in [1.82, 2.24) is 10.6 Å². The highest BCUT2D eigenvalue weighted by molar-refractivity contribution is 14.1. The minimum atomic E-state index is -0.392. The zero-order valence-electron chi connectivity index (χ0n) is 11.8. The number of hydrogen-bond donors (Lipinski definition) is 3. The summed E-state index contributed by atoms with van der Waals surface area (Å²) >= 11 is 2.22. The minimum Gasteiger partial charge on any atom is -0.376 e. The van der Waals surface area contributed by atoms with E-state index in [1.165, 1.54) is 6.42 Å². The van der Waals surface area contributed by atoms with E-state index in [9.17, 15) is 9.59 Å². The molecule has 6 heteroatoms. The fourth-order valence-electron chi connectivity index (χ4n) is 2.39. The molecule has 2 rings (SSSR count). The summed E-state index contributed by atoms with van der Waals surface area (Å²) in [5, 5.41) is 8.20. The van der Waals surface area contributed by atoms with Crippen LogP contribution in [0.2, 0.25) is 0 Å². The zero-order chi connectivity index (χ0) is 15.1. The van der Waals surface area contributed by atoms with E-state index in [-0.39, 0.29) is 18.5 Å². The number of halogens is 1. The van der Waals surface area contributed by atoms with Crippen LogP contribution in [0.1, 0.15) is 32.1 Å². The van der Waals surface area contributed by atoms with Crippen LogP contribution in [0, 0.1) is 3.57 Å². The van der Waals surface area contributed by atoms with Crippen molar-refractivity contribution in [3.8, 4) is 0 Å². The summed E-state index contributed by atoms with van der Waals surface area (Å²) in [5.41, 5.74) is 0.859. The maximum absolute atomic E-state index is 11.7.